The fraction of sp³-hybridized carbons (Fsp3) is 0.419. The van der Waals surface area contributed by atoms with Gasteiger partial charge >= 0.3 is 0 Å². The van der Waals surface area contributed by atoms with Gasteiger partial charge in [0.25, 0.3) is 11.8 Å². The number of pyridine rings is 2. The number of rotatable bonds is 7. The van der Waals surface area contributed by atoms with Crippen LogP contribution in [0.5, 0.6) is 11.6 Å². The van der Waals surface area contributed by atoms with Crippen LogP contribution in [0.2, 0.25) is 5.15 Å². The smallest absolute Gasteiger partial charge is 0.257 e. The Morgan fingerprint density at radius 2 is 1.36 bits per heavy atom. The molecular weight excluding hydrogens is 614 g/mol. The lowest BCUT2D eigenvalue weighted by molar-refractivity contribution is 0.0861. The van der Waals surface area contributed by atoms with E-state index in [2.05, 4.69) is 20.6 Å². The van der Waals surface area contributed by atoms with Gasteiger partial charge in [-0.15, -0.1) is 11.8 Å². The molecule has 0 saturated heterocycles. The van der Waals surface area contributed by atoms with Gasteiger partial charge in [-0.1, -0.05) is 17.7 Å². The van der Waals surface area contributed by atoms with Gasteiger partial charge in [0.05, 0.1) is 30.2 Å². The van der Waals surface area contributed by atoms with Crippen LogP contribution in [0.4, 0.5) is 8.78 Å². The number of amides is 2. The molecule has 4 N–H and O–H groups in total. The Kier molecular flexibility index (Phi) is 12.3. The molecule has 2 aromatic heterocycles. The number of halogens is 3. The number of carbonyl (C=O) groups excluding carboxylic acids is 2. The fourth-order valence-corrected chi connectivity index (χ4v) is 5.63. The number of nitrogens with one attached hydrogen (secondary N) is 2. The Hall–Kier alpha value is -3.32. The standard InChI is InChI=1S/C19H21FN2O3S.C12H14ClFN2O2/c1-26-16-4-2-3-15(10-16)25-19-17(9-12(20)11-21-19)18(24)22-13-5-7-14(23)8-6-13;13-11-10(5-7(14)6-15-11)12(18)16-8-1-3-9(17)4-2-8/h2-4,9-11,13-14,23H,5-8H2,1H3,(H,22,24);5-6,8-9,17H,1-4H2,(H,16,18). The number of hydrogen-bond donors (Lipinski definition) is 4. The van der Waals surface area contributed by atoms with Crippen molar-refractivity contribution in [2.24, 2.45) is 0 Å². The van der Waals surface area contributed by atoms with Crippen LogP contribution < -0.4 is 15.4 Å². The summed E-state index contributed by atoms with van der Waals surface area (Å²) in [5.41, 5.74) is 0.105. The molecule has 2 fully saturated rings. The molecule has 2 amide bonds. The van der Waals surface area contributed by atoms with Gasteiger partial charge in [0.1, 0.15) is 28.1 Å². The van der Waals surface area contributed by atoms with Gasteiger partial charge < -0.3 is 25.6 Å². The highest BCUT2D eigenvalue weighted by molar-refractivity contribution is 7.98. The molecule has 0 unspecified atom stereocenters. The van der Waals surface area contributed by atoms with E-state index in [-0.39, 0.29) is 46.5 Å². The van der Waals surface area contributed by atoms with Crippen LogP contribution in [-0.4, -0.2) is 62.5 Å². The Balaban J connectivity index is 0.000000215. The summed E-state index contributed by atoms with van der Waals surface area (Å²) in [7, 11) is 0. The van der Waals surface area contributed by atoms with E-state index in [1.165, 1.54) is 0 Å². The van der Waals surface area contributed by atoms with E-state index >= 15 is 0 Å². The summed E-state index contributed by atoms with van der Waals surface area (Å²) in [5.74, 6) is -1.44. The molecule has 44 heavy (non-hydrogen) atoms. The number of carbonyl (C=O) groups is 2. The van der Waals surface area contributed by atoms with Gasteiger partial charge in [-0.05, 0) is 88.0 Å². The largest absolute Gasteiger partial charge is 0.438 e. The number of hydrogen-bond acceptors (Lipinski definition) is 8. The van der Waals surface area contributed by atoms with Crippen LogP contribution in [0.15, 0.2) is 53.7 Å². The summed E-state index contributed by atoms with van der Waals surface area (Å²) in [6.07, 6.45) is 8.82. The zero-order valence-electron chi connectivity index (χ0n) is 24.1. The van der Waals surface area contributed by atoms with E-state index < -0.39 is 23.4 Å². The molecule has 0 spiro atoms. The monoisotopic (exact) mass is 648 g/mol. The van der Waals surface area contributed by atoms with E-state index in [0.717, 1.165) is 29.4 Å². The molecule has 0 radical (unpaired) electrons. The number of ether oxygens (including phenoxy) is 1. The van der Waals surface area contributed by atoms with Gasteiger partial charge in [-0.3, -0.25) is 9.59 Å². The fourth-order valence-electron chi connectivity index (χ4n) is 5.00. The van der Waals surface area contributed by atoms with Crippen LogP contribution in [-0.2, 0) is 0 Å². The Labute approximate surface area is 263 Å². The van der Waals surface area contributed by atoms with Crippen molar-refractivity contribution in [3.63, 3.8) is 0 Å². The van der Waals surface area contributed by atoms with Crippen LogP contribution >= 0.6 is 23.4 Å². The van der Waals surface area contributed by atoms with Gasteiger partial charge in [0.2, 0.25) is 5.88 Å². The minimum absolute atomic E-state index is 0.000217. The first kappa shape index (κ1) is 33.6. The van der Waals surface area contributed by atoms with Crippen LogP contribution in [0.1, 0.15) is 72.1 Å². The number of benzene rings is 1. The molecule has 2 aliphatic carbocycles. The molecule has 13 heteroatoms. The normalized spacial score (nSPS) is 21.4. The van der Waals surface area contributed by atoms with Crippen molar-refractivity contribution in [1.29, 1.82) is 0 Å². The van der Waals surface area contributed by atoms with Gasteiger partial charge in [0.15, 0.2) is 0 Å². The van der Waals surface area contributed by atoms with Crippen molar-refractivity contribution in [1.82, 2.24) is 20.6 Å². The van der Waals surface area contributed by atoms with Crippen LogP contribution in [0, 0.1) is 11.6 Å². The Morgan fingerprint density at radius 3 is 1.93 bits per heavy atom. The molecule has 2 saturated carbocycles. The third-order valence-electron chi connectivity index (χ3n) is 7.43. The van der Waals surface area contributed by atoms with Crippen molar-refractivity contribution in [2.75, 3.05) is 6.26 Å². The molecule has 236 valence electrons. The van der Waals surface area contributed by atoms with Crippen molar-refractivity contribution >= 4 is 35.2 Å². The van der Waals surface area contributed by atoms with Gasteiger partial charge in [-0.25, -0.2) is 18.7 Å². The maximum atomic E-state index is 13.7. The van der Waals surface area contributed by atoms with E-state index in [9.17, 15) is 28.6 Å². The summed E-state index contributed by atoms with van der Waals surface area (Å²) in [6.45, 7) is 0. The lowest BCUT2D eigenvalue weighted by Crippen LogP contribution is -2.38. The number of thioether (sulfide) groups is 1. The Bertz CT molecular complexity index is 1440. The predicted molar refractivity (Wildman–Crippen MR) is 163 cm³/mol. The highest BCUT2D eigenvalue weighted by Crippen LogP contribution is 2.28. The molecule has 9 nitrogen and oxygen atoms in total. The summed E-state index contributed by atoms with van der Waals surface area (Å²) in [4.78, 5) is 33.1. The first-order chi connectivity index (χ1) is 21.1. The summed E-state index contributed by atoms with van der Waals surface area (Å²) >= 11 is 7.32. The van der Waals surface area contributed by atoms with E-state index in [1.807, 2.05) is 24.5 Å². The highest BCUT2D eigenvalue weighted by atomic mass is 35.5. The highest BCUT2D eigenvalue weighted by Gasteiger charge is 2.24. The minimum Gasteiger partial charge on any atom is -0.438 e. The zero-order chi connectivity index (χ0) is 31.6. The first-order valence-electron chi connectivity index (χ1n) is 14.4. The van der Waals surface area contributed by atoms with E-state index in [0.29, 0.717) is 57.1 Å². The molecule has 2 heterocycles. The van der Waals surface area contributed by atoms with Gasteiger partial charge in [0, 0.05) is 17.0 Å². The molecule has 0 bridgehead atoms. The van der Waals surface area contributed by atoms with E-state index in [1.54, 1.807) is 17.8 Å². The SMILES string of the molecule is CSc1cccc(Oc2ncc(F)cc2C(=O)NC2CCC(O)CC2)c1.O=C(NC1CCC(O)CC1)c1cc(F)cnc1Cl. The summed E-state index contributed by atoms with van der Waals surface area (Å²) in [6, 6.07) is 9.55. The molecule has 0 aliphatic heterocycles. The molecule has 2 aliphatic rings. The van der Waals surface area contributed by atoms with Crippen molar-refractivity contribution in [3.05, 3.63) is 76.7 Å². The minimum atomic E-state index is -0.598. The molecular formula is C31H35ClF2N4O5S. The second kappa shape index (κ2) is 16.1. The summed E-state index contributed by atoms with van der Waals surface area (Å²) in [5, 5.41) is 24.6. The summed E-state index contributed by atoms with van der Waals surface area (Å²) < 4.78 is 32.4. The number of aliphatic hydroxyl groups is 2. The lowest BCUT2D eigenvalue weighted by Gasteiger charge is -2.26. The third-order valence-corrected chi connectivity index (χ3v) is 8.46. The first-order valence-corrected chi connectivity index (χ1v) is 16.0. The average molecular weight is 649 g/mol. The quantitative estimate of drug-likeness (QED) is 0.190. The molecule has 1 aromatic carbocycles. The number of nitrogens with zero attached hydrogens (tertiary/aromatic N) is 2. The number of aliphatic hydroxyl groups excluding tert-OH is 2. The Morgan fingerprint density at radius 1 is 0.841 bits per heavy atom. The average Bonchev–Trinajstić information content (AvgIpc) is 3.02. The van der Waals surface area contributed by atoms with Crippen LogP contribution in [0.3, 0.4) is 0 Å². The second-order valence-corrected chi connectivity index (χ2v) is 12.0. The van der Waals surface area contributed by atoms with Gasteiger partial charge in [-0.2, -0.15) is 0 Å². The second-order valence-electron chi connectivity index (χ2n) is 10.7. The maximum absolute atomic E-state index is 13.7. The number of aromatic nitrogens is 2. The third kappa shape index (κ3) is 9.85. The topological polar surface area (TPSA) is 134 Å². The molecule has 0 atom stereocenters. The zero-order valence-corrected chi connectivity index (χ0v) is 25.7. The maximum Gasteiger partial charge on any atom is 0.257 e. The van der Waals surface area contributed by atoms with Crippen LogP contribution in [0.25, 0.3) is 0 Å². The van der Waals surface area contributed by atoms with Crippen molar-refractivity contribution in [3.8, 4) is 11.6 Å². The van der Waals surface area contributed by atoms with Crippen molar-refractivity contribution in [2.45, 2.75) is 80.6 Å². The lowest BCUT2D eigenvalue weighted by atomic mass is 9.93. The van der Waals surface area contributed by atoms with E-state index in [4.69, 9.17) is 16.3 Å². The predicted octanol–water partition coefficient (Wildman–Crippen LogP) is 5.68. The van der Waals surface area contributed by atoms with Crippen molar-refractivity contribution < 1.29 is 33.3 Å². The molecule has 5 rings (SSSR count). The molecule has 3 aromatic rings.